The highest BCUT2D eigenvalue weighted by atomic mass is 19.1. The van der Waals surface area contributed by atoms with E-state index in [9.17, 15) is 4.39 Å². The number of aryl methyl sites for hydroxylation is 2. The lowest BCUT2D eigenvalue weighted by molar-refractivity contribution is 0.119. The first-order chi connectivity index (χ1) is 14.5. The van der Waals surface area contributed by atoms with E-state index in [0.717, 1.165) is 44.7 Å². The molecule has 4 rings (SSSR count). The first-order valence-corrected chi connectivity index (χ1v) is 11.8. The lowest BCUT2D eigenvalue weighted by atomic mass is 9.82. The van der Waals surface area contributed by atoms with Gasteiger partial charge >= 0.3 is 0 Å². The van der Waals surface area contributed by atoms with Gasteiger partial charge in [0.25, 0.3) is 0 Å². The summed E-state index contributed by atoms with van der Waals surface area (Å²) in [5, 5.41) is 8.42. The molecule has 0 amide bonds. The molecule has 0 radical (unpaired) electrons. The Kier molecular flexibility index (Phi) is 6.59. The van der Waals surface area contributed by atoms with Gasteiger partial charge in [0.2, 0.25) is 0 Å². The normalized spacial score (nSPS) is 24.4. The second-order valence-electron chi connectivity index (χ2n) is 9.15. The number of hydrogen-bond acceptors (Lipinski definition) is 3. The van der Waals surface area contributed by atoms with Crippen LogP contribution >= 0.6 is 0 Å². The van der Waals surface area contributed by atoms with Gasteiger partial charge in [0.15, 0.2) is 0 Å². The van der Waals surface area contributed by atoms with Crippen LogP contribution < -0.4 is 5.32 Å². The number of piperidine rings is 1. The molecular formula is C25H37FN4. The molecule has 2 aliphatic heterocycles. The van der Waals surface area contributed by atoms with E-state index in [1.807, 2.05) is 6.07 Å². The lowest BCUT2D eigenvalue weighted by Gasteiger charge is -2.40. The van der Waals surface area contributed by atoms with Crippen molar-refractivity contribution in [3.8, 4) is 0 Å². The average Bonchev–Trinajstić information content (AvgIpc) is 3.38. The van der Waals surface area contributed by atoms with Gasteiger partial charge in [-0.25, -0.2) is 4.39 Å². The summed E-state index contributed by atoms with van der Waals surface area (Å²) in [6, 6.07) is 7.71. The Morgan fingerprint density at radius 3 is 2.63 bits per heavy atom. The van der Waals surface area contributed by atoms with Gasteiger partial charge in [-0.1, -0.05) is 19.1 Å². The van der Waals surface area contributed by atoms with Gasteiger partial charge in [-0.05, 0) is 88.2 Å². The Hall–Kier alpha value is -1.72. The van der Waals surface area contributed by atoms with Gasteiger partial charge < -0.3 is 10.2 Å². The second kappa shape index (κ2) is 9.19. The number of rotatable bonds is 6. The number of likely N-dealkylation sites (tertiary alicyclic amines) is 1. The van der Waals surface area contributed by atoms with Gasteiger partial charge in [0, 0.05) is 37.3 Å². The smallest absolute Gasteiger partial charge is 0.123 e. The van der Waals surface area contributed by atoms with Crippen molar-refractivity contribution in [3.05, 3.63) is 52.6 Å². The largest absolute Gasteiger partial charge is 0.316 e. The maximum atomic E-state index is 13.8. The van der Waals surface area contributed by atoms with Gasteiger partial charge in [-0.15, -0.1) is 0 Å². The number of aromatic nitrogens is 2. The molecule has 164 valence electrons. The minimum atomic E-state index is -0.124. The molecular weight excluding hydrogens is 375 g/mol. The topological polar surface area (TPSA) is 33.1 Å². The molecule has 0 saturated carbocycles. The van der Waals surface area contributed by atoms with Crippen LogP contribution in [0.5, 0.6) is 0 Å². The van der Waals surface area contributed by atoms with E-state index in [4.69, 9.17) is 5.10 Å². The summed E-state index contributed by atoms with van der Waals surface area (Å²) in [5.41, 5.74) is 5.33. The predicted molar refractivity (Wildman–Crippen MR) is 121 cm³/mol. The van der Waals surface area contributed by atoms with E-state index in [2.05, 4.69) is 48.7 Å². The van der Waals surface area contributed by atoms with E-state index < -0.39 is 0 Å². The van der Waals surface area contributed by atoms with Crippen molar-refractivity contribution < 1.29 is 4.39 Å². The molecule has 2 aromatic rings. The molecule has 5 heteroatoms. The average molecular weight is 413 g/mol. The Morgan fingerprint density at radius 1 is 1.20 bits per heavy atom. The summed E-state index contributed by atoms with van der Waals surface area (Å²) >= 11 is 0. The third kappa shape index (κ3) is 4.06. The van der Waals surface area contributed by atoms with E-state index in [-0.39, 0.29) is 5.82 Å². The monoisotopic (exact) mass is 412 g/mol. The highest BCUT2D eigenvalue weighted by molar-refractivity contribution is 5.30. The number of hydrogen-bond donors (Lipinski definition) is 1. The number of halogens is 1. The van der Waals surface area contributed by atoms with Gasteiger partial charge in [0.05, 0.1) is 5.69 Å². The van der Waals surface area contributed by atoms with Crippen molar-refractivity contribution in [3.63, 3.8) is 0 Å². The summed E-state index contributed by atoms with van der Waals surface area (Å²) in [6.07, 6.45) is 3.43. The van der Waals surface area contributed by atoms with E-state index in [1.165, 1.54) is 29.8 Å². The fourth-order valence-corrected chi connectivity index (χ4v) is 5.90. The first-order valence-electron chi connectivity index (χ1n) is 11.8. The molecule has 3 atom stereocenters. The SMILES string of the molecule is CCc1nn(CC)c(C)c1C1CCN(C(C)C2CNCC2c2cccc(F)c2)CC1. The molecule has 4 nitrogen and oxygen atoms in total. The van der Waals surface area contributed by atoms with Crippen molar-refractivity contribution in [2.75, 3.05) is 26.2 Å². The van der Waals surface area contributed by atoms with Crippen molar-refractivity contribution in [1.82, 2.24) is 20.0 Å². The highest BCUT2D eigenvalue weighted by Gasteiger charge is 2.37. The number of benzene rings is 1. The summed E-state index contributed by atoms with van der Waals surface area (Å²) in [5.74, 6) is 1.43. The molecule has 3 heterocycles. The highest BCUT2D eigenvalue weighted by Crippen LogP contribution is 2.37. The van der Waals surface area contributed by atoms with Crippen molar-refractivity contribution in [2.24, 2.45) is 5.92 Å². The third-order valence-electron chi connectivity index (χ3n) is 7.64. The zero-order valence-corrected chi connectivity index (χ0v) is 19.0. The molecule has 0 bridgehead atoms. The van der Waals surface area contributed by atoms with Crippen LogP contribution in [0.1, 0.15) is 68.0 Å². The number of nitrogens with zero attached hydrogens (tertiary/aromatic N) is 3. The van der Waals surface area contributed by atoms with Crippen LogP contribution in [-0.4, -0.2) is 46.9 Å². The van der Waals surface area contributed by atoms with Crippen LogP contribution in [0.2, 0.25) is 0 Å². The molecule has 0 aliphatic carbocycles. The molecule has 1 aromatic carbocycles. The summed E-state index contributed by atoms with van der Waals surface area (Å²) in [7, 11) is 0. The van der Waals surface area contributed by atoms with Crippen LogP contribution in [0.3, 0.4) is 0 Å². The third-order valence-corrected chi connectivity index (χ3v) is 7.64. The molecule has 2 saturated heterocycles. The zero-order chi connectivity index (χ0) is 21.3. The minimum Gasteiger partial charge on any atom is -0.316 e. The Labute approximate surface area is 180 Å². The quantitative estimate of drug-likeness (QED) is 0.759. The summed E-state index contributed by atoms with van der Waals surface area (Å²) in [4.78, 5) is 2.67. The maximum Gasteiger partial charge on any atom is 0.123 e. The fourth-order valence-electron chi connectivity index (χ4n) is 5.90. The lowest BCUT2D eigenvalue weighted by Crippen LogP contribution is -2.45. The Morgan fingerprint density at radius 2 is 1.97 bits per heavy atom. The van der Waals surface area contributed by atoms with Crippen LogP contribution in [0, 0.1) is 18.7 Å². The fraction of sp³-hybridized carbons (Fsp3) is 0.640. The Balaban J connectivity index is 1.43. The molecule has 1 aromatic heterocycles. The van der Waals surface area contributed by atoms with E-state index in [0.29, 0.717) is 23.8 Å². The first kappa shape index (κ1) is 21.5. The predicted octanol–water partition coefficient (Wildman–Crippen LogP) is 4.48. The van der Waals surface area contributed by atoms with Crippen LogP contribution in [-0.2, 0) is 13.0 Å². The van der Waals surface area contributed by atoms with Gasteiger partial charge in [-0.3, -0.25) is 4.68 Å². The molecule has 1 N–H and O–H groups in total. The number of nitrogens with one attached hydrogen (secondary N) is 1. The molecule has 0 spiro atoms. The zero-order valence-electron chi connectivity index (χ0n) is 19.0. The minimum absolute atomic E-state index is 0.124. The molecule has 2 aliphatic rings. The summed E-state index contributed by atoms with van der Waals surface area (Å²) < 4.78 is 16.0. The van der Waals surface area contributed by atoms with Crippen LogP contribution in [0.15, 0.2) is 24.3 Å². The standard InChI is InChI=1S/C25H37FN4/c1-5-24-25(18(4)30(6-2)28-24)19-10-12-29(13-11-19)17(3)22-15-27-16-23(22)20-8-7-9-21(26)14-20/h7-9,14,17,19,22-23,27H,5-6,10-13,15-16H2,1-4H3. The second-order valence-corrected chi connectivity index (χ2v) is 9.15. The van der Waals surface area contributed by atoms with Crippen LogP contribution in [0.4, 0.5) is 4.39 Å². The Bertz CT molecular complexity index is 853. The van der Waals surface area contributed by atoms with Crippen LogP contribution in [0.25, 0.3) is 0 Å². The van der Waals surface area contributed by atoms with Gasteiger partial charge in [0.1, 0.15) is 5.82 Å². The molecule has 30 heavy (non-hydrogen) atoms. The molecule has 2 fully saturated rings. The van der Waals surface area contributed by atoms with E-state index in [1.54, 1.807) is 12.1 Å². The van der Waals surface area contributed by atoms with Crippen molar-refractivity contribution in [1.29, 1.82) is 0 Å². The van der Waals surface area contributed by atoms with E-state index >= 15 is 0 Å². The maximum absolute atomic E-state index is 13.8. The van der Waals surface area contributed by atoms with Crippen molar-refractivity contribution >= 4 is 0 Å². The van der Waals surface area contributed by atoms with Crippen molar-refractivity contribution in [2.45, 2.75) is 71.4 Å². The molecule has 3 unspecified atom stereocenters. The summed E-state index contributed by atoms with van der Waals surface area (Å²) in [6.45, 7) is 14.2. The van der Waals surface area contributed by atoms with Gasteiger partial charge in [-0.2, -0.15) is 5.10 Å².